The van der Waals surface area contributed by atoms with Crippen molar-refractivity contribution in [2.45, 2.75) is 12.5 Å². The van der Waals surface area contributed by atoms with Gasteiger partial charge in [-0.3, -0.25) is 0 Å². The molecule has 2 N–H and O–H groups in total. The van der Waals surface area contributed by atoms with E-state index in [1.165, 1.54) is 4.80 Å². The lowest BCUT2D eigenvalue weighted by Gasteiger charge is -2.11. The predicted octanol–water partition coefficient (Wildman–Crippen LogP) is 1.22. The van der Waals surface area contributed by atoms with E-state index in [-0.39, 0.29) is 6.04 Å². The fourth-order valence-corrected chi connectivity index (χ4v) is 2.07. The van der Waals surface area contributed by atoms with Crippen LogP contribution in [0.5, 0.6) is 0 Å². The molecule has 5 nitrogen and oxygen atoms in total. The molecule has 0 bridgehead atoms. The molecule has 0 aliphatic rings. The molecule has 0 saturated carbocycles. The zero-order valence-electron chi connectivity index (χ0n) is 8.84. The second-order valence-electron chi connectivity index (χ2n) is 3.53. The summed E-state index contributed by atoms with van der Waals surface area (Å²) in [4.78, 5) is 1.43. The Bertz CT molecular complexity index is 482. The molecule has 0 aliphatic heterocycles. The summed E-state index contributed by atoms with van der Waals surface area (Å²) in [6.07, 6.45) is 0.580. The Balaban J connectivity index is 2.14. The molecule has 6 heteroatoms. The van der Waals surface area contributed by atoms with Crippen LogP contribution < -0.4 is 5.73 Å². The molecular formula is C10H12BrN5. The van der Waals surface area contributed by atoms with E-state index in [1.807, 2.05) is 24.3 Å². The van der Waals surface area contributed by atoms with E-state index in [2.05, 4.69) is 31.3 Å². The third-order valence-electron chi connectivity index (χ3n) is 2.26. The Hall–Kier alpha value is -1.27. The van der Waals surface area contributed by atoms with Gasteiger partial charge in [-0.1, -0.05) is 34.1 Å². The molecule has 1 aromatic carbocycles. The van der Waals surface area contributed by atoms with E-state index in [4.69, 9.17) is 5.73 Å². The summed E-state index contributed by atoms with van der Waals surface area (Å²) in [5, 5.41) is 11.8. The first-order valence-corrected chi connectivity index (χ1v) is 5.69. The quantitative estimate of drug-likeness (QED) is 0.918. The molecule has 1 aromatic heterocycles. The van der Waals surface area contributed by atoms with E-state index in [0.717, 1.165) is 10.0 Å². The maximum Gasteiger partial charge on any atom is 0.176 e. The SMILES string of the molecule is Cn1nnc(CC(N)c2ccccc2Br)n1. The normalized spacial score (nSPS) is 12.7. The van der Waals surface area contributed by atoms with Crippen LogP contribution in [0.3, 0.4) is 0 Å². The zero-order chi connectivity index (χ0) is 11.5. The number of halogens is 1. The summed E-state index contributed by atoms with van der Waals surface area (Å²) in [5.74, 6) is 0.658. The number of aromatic nitrogens is 4. The van der Waals surface area contributed by atoms with Crippen molar-refractivity contribution >= 4 is 15.9 Å². The highest BCUT2D eigenvalue weighted by Crippen LogP contribution is 2.23. The minimum Gasteiger partial charge on any atom is -0.324 e. The van der Waals surface area contributed by atoms with Crippen LogP contribution in [0.2, 0.25) is 0 Å². The van der Waals surface area contributed by atoms with Crippen molar-refractivity contribution in [2.75, 3.05) is 0 Å². The third-order valence-corrected chi connectivity index (χ3v) is 2.98. The van der Waals surface area contributed by atoms with Crippen molar-refractivity contribution < 1.29 is 0 Å². The number of hydrogen-bond acceptors (Lipinski definition) is 4. The van der Waals surface area contributed by atoms with Crippen LogP contribution in [0.4, 0.5) is 0 Å². The Morgan fingerprint density at radius 3 is 2.81 bits per heavy atom. The van der Waals surface area contributed by atoms with Gasteiger partial charge in [0.1, 0.15) is 0 Å². The van der Waals surface area contributed by atoms with Crippen molar-refractivity contribution in [3.8, 4) is 0 Å². The van der Waals surface area contributed by atoms with Crippen LogP contribution in [0.1, 0.15) is 17.4 Å². The van der Waals surface area contributed by atoms with Crippen LogP contribution >= 0.6 is 15.9 Å². The fourth-order valence-electron chi connectivity index (χ4n) is 1.49. The molecule has 1 unspecified atom stereocenters. The van der Waals surface area contributed by atoms with Gasteiger partial charge in [0.15, 0.2) is 5.82 Å². The van der Waals surface area contributed by atoms with E-state index in [1.54, 1.807) is 7.05 Å². The number of benzene rings is 1. The standard InChI is InChI=1S/C10H12BrN5/c1-16-14-10(13-15-16)6-9(12)7-4-2-3-5-8(7)11/h2-5,9H,6,12H2,1H3. The third kappa shape index (κ3) is 2.45. The van der Waals surface area contributed by atoms with Gasteiger partial charge in [0.25, 0.3) is 0 Å². The van der Waals surface area contributed by atoms with Crippen LogP contribution in [-0.2, 0) is 13.5 Å². The van der Waals surface area contributed by atoms with Crippen molar-refractivity contribution in [1.82, 2.24) is 20.2 Å². The summed E-state index contributed by atoms with van der Waals surface area (Å²) in [6, 6.07) is 7.76. The largest absolute Gasteiger partial charge is 0.324 e. The number of nitrogens with two attached hydrogens (primary N) is 1. The molecule has 0 aliphatic carbocycles. The van der Waals surface area contributed by atoms with Crippen LogP contribution in [0, 0.1) is 0 Å². The molecule has 1 atom stereocenters. The lowest BCUT2D eigenvalue weighted by atomic mass is 10.0. The van der Waals surface area contributed by atoms with Crippen molar-refractivity contribution in [2.24, 2.45) is 12.8 Å². The Morgan fingerprint density at radius 1 is 1.44 bits per heavy atom. The summed E-state index contributed by atoms with van der Waals surface area (Å²) >= 11 is 3.47. The first-order chi connectivity index (χ1) is 7.66. The smallest absolute Gasteiger partial charge is 0.176 e. The summed E-state index contributed by atoms with van der Waals surface area (Å²) in [7, 11) is 1.74. The number of tetrazole rings is 1. The summed E-state index contributed by atoms with van der Waals surface area (Å²) in [5.41, 5.74) is 7.14. The molecule has 0 amide bonds. The van der Waals surface area contributed by atoms with E-state index >= 15 is 0 Å². The lowest BCUT2D eigenvalue weighted by molar-refractivity contribution is 0.622. The lowest BCUT2D eigenvalue weighted by Crippen LogP contribution is -2.15. The van der Waals surface area contributed by atoms with E-state index < -0.39 is 0 Å². The predicted molar refractivity (Wildman–Crippen MR) is 63.6 cm³/mol. The number of rotatable bonds is 3. The number of nitrogens with zero attached hydrogens (tertiary/aromatic N) is 4. The molecule has 0 spiro atoms. The topological polar surface area (TPSA) is 69.6 Å². The average molecular weight is 282 g/mol. The number of aryl methyl sites for hydroxylation is 1. The summed E-state index contributed by atoms with van der Waals surface area (Å²) < 4.78 is 1.01. The highest BCUT2D eigenvalue weighted by Gasteiger charge is 2.12. The maximum atomic E-state index is 6.09. The fraction of sp³-hybridized carbons (Fsp3) is 0.300. The average Bonchev–Trinajstić information content (AvgIpc) is 2.64. The van der Waals surface area contributed by atoms with Gasteiger partial charge in [0.05, 0.1) is 7.05 Å². The Morgan fingerprint density at radius 2 is 2.19 bits per heavy atom. The molecular weight excluding hydrogens is 270 g/mol. The second-order valence-corrected chi connectivity index (χ2v) is 4.38. The van der Waals surface area contributed by atoms with Crippen LogP contribution in [-0.4, -0.2) is 20.2 Å². The highest BCUT2D eigenvalue weighted by atomic mass is 79.9. The van der Waals surface area contributed by atoms with Gasteiger partial charge in [0, 0.05) is 16.9 Å². The molecule has 2 rings (SSSR count). The molecule has 1 heterocycles. The molecule has 0 radical (unpaired) electrons. The van der Waals surface area contributed by atoms with Crippen LogP contribution in [0.15, 0.2) is 28.7 Å². The van der Waals surface area contributed by atoms with Gasteiger partial charge in [-0.15, -0.1) is 10.2 Å². The van der Waals surface area contributed by atoms with Gasteiger partial charge < -0.3 is 5.73 Å². The van der Waals surface area contributed by atoms with Gasteiger partial charge in [0.2, 0.25) is 0 Å². The van der Waals surface area contributed by atoms with Crippen molar-refractivity contribution in [3.05, 3.63) is 40.1 Å². The second kappa shape index (κ2) is 4.71. The van der Waals surface area contributed by atoms with Gasteiger partial charge in [-0.25, -0.2) is 0 Å². The van der Waals surface area contributed by atoms with Gasteiger partial charge >= 0.3 is 0 Å². The molecule has 84 valence electrons. The molecule has 2 aromatic rings. The van der Waals surface area contributed by atoms with Gasteiger partial charge in [-0.05, 0) is 16.8 Å². The Labute approximate surface area is 102 Å². The maximum absolute atomic E-state index is 6.09. The van der Waals surface area contributed by atoms with Crippen molar-refractivity contribution in [1.29, 1.82) is 0 Å². The molecule has 0 fully saturated rings. The zero-order valence-corrected chi connectivity index (χ0v) is 10.4. The number of hydrogen-bond donors (Lipinski definition) is 1. The van der Waals surface area contributed by atoms with Gasteiger partial charge in [-0.2, -0.15) is 4.80 Å². The monoisotopic (exact) mass is 281 g/mol. The Kier molecular flexibility index (Phi) is 3.31. The van der Waals surface area contributed by atoms with Crippen LogP contribution in [0.25, 0.3) is 0 Å². The van der Waals surface area contributed by atoms with E-state index in [9.17, 15) is 0 Å². The first-order valence-electron chi connectivity index (χ1n) is 4.89. The first kappa shape index (κ1) is 11.2. The molecule has 0 saturated heterocycles. The minimum absolute atomic E-state index is 0.125. The minimum atomic E-state index is -0.125. The highest BCUT2D eigenvalue weighted by molar-refractivity contribution is 9.10. The molecule has 16 heavy (non-hydrogen) atoms. The van der Waals surface area contributed by atoms with E-state index in [0.29, 0.717) is 12.2 Å². The van der Waals surface area contributed by atoms with Crippen molar-refractivity contribution in [3.63, 3.8) is 0 Å². The summed E-state index contributed by atoms with van der Waals surface area (Å²) in [6.45, 7) is 0.